The Morgan fingerprint density at radius 2 is 2.00 bits per heavy atom. The molecule has 0 saturated carbocycles. The predicted octanol–water partition coefficient (Wildman–Crippen LogP) is 1.99. The van der Waals surface area contributed by atoms with Crippen molar-refractivity contribution in [2.45, 2.75) is 39.8 Å². The number of nitrogens with one attached hydrogen (secondary N) is 2. The number of carbonyl (C=O) groups is 2. The molecule has 2 N–H and O–H groups in total. The maximum Gasteiger partial charge on any atom is 0.228 e. The number of benzene rings is 1. The van der Waals surface area contributed by atoms with Gasteiger partial charge >= 0.3 is 0 Å². The molecule has 22 heavy (non-hydrogen) atoms. The Balaban J connectivity index is 1.94. The highest BCUT2D eigenvalue weighted by molar-refractivity contribution is 5.92. The molecule has 1 atom stereocenters. The molecule has 2 amide bonds. The fourth-order valence-electron chi connectivity index (χ4n) is 2.67. The van der Waals surface area contributed by atoms with Crippen molar-refractivity contribution in [3.05, 3.63) is 29.8 Å². The summed E-state index contributed by atoms with van der Waals surface area (Å²) in [5.74, 6) is 0.209. The Morgan fingerprint density at radius 1 is 1.32 bits per heavy atom. The highest BCUT2D eigenvalue weighted by Crippen LogP contribution is 2.16. The standard InChI is InChI=1S/C17H25N3O2/c1-12(2)20(13(3)21)11-14-4-6-16(7-5-14)19-17(22)15-8-9-18-10-15/h4-7,12,15,18H,8-11H2,1-3H3,(H,19,22). The molecule has 1 unspecified atom stereocenters. The van der Waals surface area contributed by atoms with Crippen molar-refractivity contribution in [1.82, 2.24) is 10.2 Å². The molecule has 1 aliphatic rings. The van der Waals surface area contributed by atoms with Crippen LogP contribution in [0.25, 0.3) is 0 Å². The fourth-order valence-corrected chi connectivity index (χ4v) is 2.67. The predicted molar refractivity (Wildman–Crippen MR) is 87.4 cm³/mol. The molecule has 1 aliphatic heterocycles. The van der Waals surface area contributed by atoms with E-state index >= 15 is 0 Å². The zero-order valence-corrected chi connectivity index (χ0v) is 13.6. The molecular weight excluding hydrogens is 278 g/mol. The number of rotatable bonds is 5. The summed E-state index contributed by atoms with van der Waals surface area (Å²) in [6.07, 6.45) is 0.895. The minimum absolute atomic E-state index is 0.0637. The van der Waals surface area contributed by atoms with Crippen LogP contribution < -0.4 is 10.6 Å². The van der Waals surface area contributed by atoms with Crippen LogP contribution in [0.5, 0.6) is 0 Å². The van der Waals surface area contributed by atoms with Crippen LogP contribution >= 0.6 is 0 Å². The van der Waals surface area contributed by atoms with Crippen LogP contribution in [-0.4, -0.2) is 35.8 Å². The quantitative estimate of drug-likeness (QED) is 0.874. The van der Waals surface area contributed by atoms with Gasteiger partial charge in [0.1, 0.15) is 0 Å². The lowest BCUT2D eigenvalue weighted by Crippen LogP contribution is -2.34. The third-order valence-electron chi connectivity index (χ3n) is 4.03. The third kappa shape index (κ3) is 4.31. The molecule has 1 aromatic carbocycles. The highest BCUT2D eigenvalue weighted by atomic mass is 16.2. The summed E-state index contributed by atoms with van der Waals surface area (Å²) in [5.41, 5.74) is 1.86. The maximum atomic E-state index is 12.1. The maximum absolute atomic E-state index is 12.1. The lowest BCUT2D eigenvalue weighted by Gasteiger charge is -2.25. The van der Waals surface area contributed by atoms with E-state index in [1.165, 1.54) is 0 Å². The first kappa shape index (κ1) is 16.5. The zero-order chi connectivity index (χ0) is 16.1. The van der Waals surface area contributed by atoms with Crippen molar-refractivity contribution < 1.29 is 9.59 Å². The Labute approximate surface area is 132 Å². The van der Waals surface area contributed by atoms with Gasteiger partial charge in [0.05, 0.1) is 5.92 Å². The second-order valence-corrected chi connectivity index (χ2v) is 6.12. The molecule has 0 bridgehead atoms. The van der Waals surface area contributed by atoms with Gasteiger partial charge in [-0.15, -0.1) is 0 Å². The second kappa shape index (κ2) is 7.40. The van der Waals surface area contributed by atoms with Crippen molar-refractivity contribution in [3.63, 3.8) is 0 Å². The third-order valence-corrected chi connectivity index (χ3v) is 4.03. The summed E-state index contributed by atoms with van der Waals surface area (Å²) in [5, 5.41) is 6.14. The van der Waals surface area contributed by atoms with Gasteiger partial charge in [-0.2, -0.15) is 0 Å². The van der Waals surface area contributed by atoms with Crippen molar-refractivity contribution in [2.24, 2.45) is 5.92 Å². The molecule has 1 saturated heterocycles. The lowest BCUT2D eigenvalue weighted by molar-refractivity contribution is -0.131. The van der Waals surface area contributed by atoms with Crippen LogP contribution in [0.15, 0.2) is 24.3 Å². The van der Waals surface area contributed by atoms with E-state index in [-0.39, 0.29) is 23.8 Å². The van der Waals surface area contributed by atoms with Crippen LogP contribution in [0.3, 0.4) is 0 Å². The first-order valence-corrected chi connectivity index (χ1v) is 7.85. The number of hydrogen-bond donors (Lipinski definition) is 2. The fraction of sp³-hybridized carbons (Fsp3) is 0.529. The lowest BCUT2D eigenvalue weighted by atomic mass is 10.1. The molecule has 0 aromatic heterocycles. The molecule has 120 valence electrons. The van der Waals surface area contributed by atoms with E-state index in [9.17, 15) is 9.59 Å². The van der Waals surface area contributed by atoms with Gasteiger partial charge in [0, 0.05) is 31.7 Å². The number of carbonyl (C=O) groups excluding carboxylic acids is 2. The van der Waals surface area contributed by atoms with E-state index in [1.54, 1.807) is 6.92 Å². The molecule has 2 rings (SSSR count). The van der Waals surface area contributed by atoms with Crippen LogP contribution in [0, 0.1) is 5.92 Å². The summed E-state index contributed by atoms with van der Waals surface area (Å²) in [6.45, 7) is 7.86. The molecule has 5 nitrogen and oxygen atoms in total. The Hall–Kier alpha value is -1.88. The first-order valence-electron chi connectivity index (χ1n) is 7.85. The summed E-state index contributed by atoms with van der Waals surface area (Å²) in [6, 6.07) is 7.89. The molecule has 0 spiro atoms. The minimum Gasteiger partial charge on any atom is -0.336 e. The number of nitrogens with zero attached hydrogens (tertiary/aromatic N) is 1. The molecule has 1 aromatic rings. The number of hydrogen-bond acceptors (Lipinski definition) is 3. The zero-order valence-electron chi connectivity index (χ0n) is 13.6. The van der Waals surface area contributed by atoms with E-state index in [0.717, 1.165) is 30.8 Å². The SMILES string of the molecule is CC(=O)N(Cc1ccc(NC(=O)C2CCNC2)cc1)C(C)C. The monoisotopic (exact) mass is 303 g/mol. The van der Waals surface area contributed by atoms with Crippen LogP contribution in [0.4, 0.5) is 5.69 Å². The average Bonchev–Trinajstić information content (AvgIpc) is 3.00. The van der Waals surface area contributed by atoms with E-state index in [4.69, 9.17) is 0 Å². The largest absolute Gasteiger partial charge is 0.336 e. The van der Waals surface area contributed by atoms with Gasteiger partial charge in [0.15, 0.2) is 0 Å². The summed E-state index contributed by atoms with van der Waals surface area (Å²) in [7, 11) is 0. The van der Waals surface area contributed by atoms with E-state index in [0.29, 0.717) is 6.54 Å². The summed E-state index contributed by atoms with van der Waals surface area (Å²) >= 11 is 0. The highest BCUT2D eigenvalue weighted by Gasteiger charge is 2.22. The van der Waals surface area contributed by atoms with Crippen molar-refractivity contribution in [2.75, 3.05) is 18.4 Å². The Bertz CT molecular complexity index is 519. The Morgan fingerprint density at radius 3 is 2.50 bits per heavy atom. The van der Waals surface area contributed by atoms with E-state index < -0.39 is 0 Å². The molecule has 0 aliphatic carbocycles. The van der Waals surface area contributed by atoms with Gasteiger partial charge in [-0.25, -0.2) is 0 Å². The molecule has 5 heteroatoms. The first-order chi connectivity index (χ1) is 10.5. The van der Waals surface area contributed by atoms with Gasteiger partial charge in [0.25, 0.3) is 0 Å². The van der Waals surface area contributed by atoms with Crippen LogP contribution in [0.1, 0.15) is 32.8 Å². The summed E-state index contributed by atoms with van der Waals surface area (Å²) < 4.78 is 0. The second-order valence-electron chi connectivity index (χ2n) is 6.12. The van der Waals surface area contributed by atoms with Gasteiger partial charge in [-0.05, 0) is 44.5 Å². The van der Waals surface area contributed by atoms with Gasteiger partial charge in [-0.1, -0.05) is 12.1 Å². The van der Waals surface area contributed by atoms with Crippen molar-refractivity contribution in [1.29, 1.82) is 0 Å². The van der Waals surface area contributed by atoms with E-state index in [1.807, 2.05) is 43.0 Å². The molecular formula is C17H25N3O2. The number of anilines is 1. The molecule has 1 heterocycles. The van der Waals surface area contributed by atoms with Gasteiger partial charge in [0.2, 0.25) is 11.8 Å². The van der Waals surface area contributed by atoms with Gasteiger partial charge < -0.3 is 15.5 Å². The smallest absolute Gasteiger partial charge is 0.228 e. The van der Waals surface area contributed by atoms with Crippen molar-refractivity contribution >= 4 is 17.5 Å². The molecule has 0 radical (unpaired) electrons. The molecule has 1 fully saturated rings. The van der Waals surface area contributed by atoms with E-state index in [2.05, 4.69) is 10.6 Å². The van der Waals surface area contributed by atoms with Crippen molar-refractivity contribution in [3.8, 4) is 0 Å². The Kier molecular flexibility index (Phi) is 5.55. The topological polar surface area (TPSA) is 61.4 Å². The van der Waals surface area contributed by atoms with Gasteiger partial charge in [-0.3, -0.25) is 9.59 Å². The minimum atomic E-state index is 0.0637. The summed E-state index contributed by atoms with van der Waals surface area (Å²) in [4.78, 5) is 25.5. The number of amides is 2. The normalized spacial score (nSPS) is 17.5. The average molecular weight is 303 g/mol. The van der Waals surface area contributed by atoms with Crippen LogP contribution in [0.2, 0.25) is 0 Å². The van der Waals surface area contributed by atoms with Crippen LogP contribution in [-0.2, 0) is 16.1 Å².